The SMILES string of the molecule is CC1(C)C[C@@H](c2ccc3cc(CN4CC[C@H](Oc5ccc6c(c5)CN(C5CCC(=O)NC5=O)C6=O)C4)ncc3c2)CCO1. The third-order valence-electron chi connectivity index (χ3n) is 9.38. The van der Waals surface area contributed by atoms with Crippen molar-refractivity contribution in [2.75, 3.05) is 19.7 Å². The lowest BCUT2D eigenvalue weighted by Gasteiger charge is -2.35. The molecular formula is C34H38N4O5. The molecule has 3 atom stereocenters. The van der Waals surface area contributed by atoms with E-state index >= 15 is 0 Å². The first-order valence-corrected chi connectivity index (χ1v) is 15.4. The molecule has 0 saturated carbocycles. The van der Waals surface area contributed by atoms with Crippen molar-refractivity contribution in [2.24, 2.45) is 0 Å². The predicted molar refractivity (Wildman–Crippen MR) is 161 cm³/mol. The number of imide groups is 1. The van der Waals surface area contributed by atoms with Gasteiger partial charge in [-0.05, 0) is 92.3 Å². The monoisotopic (exact) mass is 582 g/mol. The Balaban J connectivity index is 0.957. The van der Waals surface area contributed by atoms with Gasteiger partial charge in [0.25, 0.3) is 5.91 Å². The molecule has 0 spiro atoms. The number of carbonyl (C=O) groups is 3. The molecule has 9 heteroatoms. The normalized spacial score (nSPS) is 25.7. The van der Waals surface area contributed by atoms with Gasteiger partial charge in [0.2, 0.25) is 11.8 Å². The molecule has 1 aromatic heterocycles. The number of nitrogens with one attached hydrogen (secondary N) is 1. The Bertz CT molecular complexity index is 1600. The maximum absolute atomic E-state index is 13.0. The molecule has 3 amide bonds. The van der Waals surface area contributed by atoms with E-state index in [1.165, 1.54) is 16.3 Å². The van der Waals surface area contributed by atoms with E-state index < -0.39 is 11.9 Å². The Morgan fingerprint density at radius 1 is 1.05 bits per heavy atom. The van der Waals surface area contributed by atoms with Crippen LogP contribution in [0.1, 0.15) is 79.0 Å². The van der Waals surface area contributed by atoms with Crippen LogP contribution >= 0.6 is 0 Å². The van der Waals surface area contributed by atoms with E-state index in [9.17, 15) is 14.4 Å². The molecule has 1 unspecified atom stereocenters. The molecule has 224 valence electrons. The van der Waals surface area contributed by atoms with Crippen molar-refractivity contribution in [3.63, 3.8) is 0 Å². The van der Waals surface area contributed by atoms with Gasteiger partial charge in [-0.15, -0.1) is 0 Å². The Morgan fingerprint density at radius 2 is 1.93 bits per heavy atom. The maximum Gasteiger partial charge on any atom is 0.255 e. The molecule has 3 fully saturated rings. The zero-order valence-electron chi connectivity index (χ0n) is 24.8. The third kappa shape index (κ3) is 5.76. The third-order valence-corrected chi connectivity index (χ3v) is 9.38. The quantitative estimate of drug-likeness (QED) is 0.432. The van der Waals surface area contributed by atoms with Crippen LogP contribution in [0.4, 0.5) is 0 Å². The predicted octanol–water partition coefficient (Wildman–Crippen LogP) is 4.32. The second-order valence-corrected chi connectivity index (χ2v) is 13.1. The van der Waals surface area contributed by atoms with Crippen LogP contribution in [0.15, 0.2) is 48.7 Å². The van der Waals surface area contributed by atoms with E-state index in [2.05, 4.69) is 48.3 Å². The average Bonchev–Trinajstić information content (AvgIpc) is 3.55. The summed E-state index contributed by atoms with van der Waals surface area (Å²) in [7, 11) is 0. The van der Waals surface area contributed by atoms with Crippen LogP contribution in [-0.2, 0) is 27.4 Å². The van der Waals surface area contributed by atoms with Gasteiger partial charge in [-0.2, -0.15) is 0 Å². The number of rotatable bonds is 6. The second-order valence-electron chi connectivity index (χ2n) is 13.1. The van der Waals surface area contributed by atoms with Gasteiger partial charge in [-0.25, -0.2) is 0 Å². The van der Waals surface area contributed by atoms with E-state index in [1.807, 2.05) is 18.3 Å². The van der Waals surface area contributed by atoms with Crippen molar-refractivity contribution in [3.8, 4) is 5.75 Å². The lowest BCUT2D eigenvalue weighted by molar-refractivity contribution is -0.136. The van der Waals surface area contributed by atoms with Gasteiger partial charge in [0.15, 0.2) is 0 Å². The highest BCUT2D eigenvalue weighted by molar-refractivity contribution is 6.05. The number of amides is 3. The van der Waals surface area contributed by atoms with Crippen molar-refractivity contribution < 1.29 is 23.9 Å². The van der Waals surface area contributed by atoms with E-state index in [1.54, 1.807) is 11.0 Å². The van der Waals surface area contributed by atoms with Gasteiger partial charge in [-0.3, -0.25) is 29.6 Å². The van der Waals surface area contributed by atoms with Crippen LogP contribution in [0.25, 0.3) is 10.8 Å². The summed E-state index contributed by atoms with van der Waals surface area (Å²) in [6.07, 6.45) is 5.66. The summed E-state index contributed by atoms with van der Waals surface area (Å²) in [6.45, 7) is 8.00. The van der Waals surface area contributed by atoms with E-state index in [0.29, 0.717) is 24.4 Å². The zero-order valence-corrected chi connectivity index (χ0v) is 24.8. The molecule has 4 aliphatic rings. The molecule has 0 aliphatic carbocycles. The van der Waals surface area contributed by atoms with Crippen LogP contribution in [0.5, 0.6) is 5.75 Å². The standard InChI is InChI=1S/C34H38N4O5/c1-34(2)16-23(10-12-42-34)21-3-4-22-14-26(35-17-24(22)13-21)19-37-11-9-28(20-37)43-27-5-6-29-25(15-27)18-38(33(29)41)30-7-8-31(39)36-32(30)40/h3-6,13-15,17,23,28,30H,7-12,16,18-20H2,1-2H3,(H,36,39,40)/t23-,28-,30?/m0/s1. The smallest absolute Gasteiger partial charge is 0.255 e. The van der Waals surface area contributed by atoms with Crippen molar-refractivity contribution >= 4 is 28.5 Å². The highest BCUT2D eigenvalue weighted by Gasteiger charge is 2.39. The molecule has 9 nitrogen and oxygen atoms in total. The minimum Gasteiger partial charge on any atom is -0.489 e. The average molecular weight is 583 g/mol. The molecule has 0 radical (unpaired) electrons. The van der Waals surface area contributed by atoms with E-state index in [-0.39, 0.29) is 29.9 Å². The van der Waals surface area contributed by atoms with Gasteiger partial charge in [-0.1, -0.05) is 12.1 Å². The molecule has 43 heavy (non-hydrogen) atoms. The Labute approximate surface area is 251 Å². The van der Waals surface area contributed by atoms with E-state index in [0.717, 1.165) is 62.5 Å². The highest BCUT2D eigenvalue weighted by Crippen LogP contribution is 2.37. The van der Waals surface area contributed by atoms with E-state index in [4.69, 9.17) is 14.5 Å². The summed E-state index contributed by atoms with van der Waals surface area (Å²) < 4.78 is 12.3. The number of pyridine rings is 1. The fraction of sp³-hybridized carbons (Fsp3) is 0.471. The largest absolute Gasteiger partial charge is 0.489 e. The van der Waals surface area contributed by atoms with Gasteiger partial charge in [0.1, 0.15) is 17.9 Å². The summed E-state index contributed by atoms with van der Waals surface area (Å²) >= 11 is 0. The molecule has 5 heterocycles. The molecule has 7 rings (SSSR count). The number of likely N-dealkylation sites (tertiary alicyclic amines) is 1. The van der Waals surface area contributed by atoms with Crippen LogP contribution in [0.2, 0.25) is 0 Å². The number of carbonyl (C=O) groups excluding carboxylic acids is 3. The summed E-state index contributed by atoms with van der Waals surface area (Å²) in [6, 6.07) is 13.9. The number of piperidine rings is 1. The Hall–Kier alpha value is -3.82. The van der Waals surface area contributed by atoms with Crippen molar-refractivity contribution in [2.45, 2.75) is 82.7 Å². The van der Waals surface area contributed by atoms with Crippen LogP contribution in [0.3, 0.4) is 0 Å². The highest BCUT2D eigenvalue weighted by atomic mass is 16.5. The van der Waals surface area contributed by atoms with Crippen LogP contribution in [0, 0.1) is 0 Å². The number of benzene rings is 2. The second kappa shape index (κ2) is 11.0. The lowest BCUT2D eigenvalue weighted by Crippen LogP contribution is -2.52. The topological polar surface area (TPSA) is 101 Å². The molecule has 2 aromatic carbocycles. The molecule has 3 aromatic rings. The molecule has 3 saturated heterocycles. The number of hydrogen-bond donors (Lipinski definition) is 1. The molecule has 1 N–H and O–H groups in total. The first-order valence-electron chi connectivity index (χ1n) is 15.4. The van der Waals surface area contributed by atoms with Gasteiger partial charge < -0.3 is 14.4 Å². The molecular weight excluding hydrogens is 544 g/mol. The number of aromatic nitrogens is 1. The van der Waals surface area contributed by atoms with Crippen LogP contribution < -0.4 is 10.1 Å². The summed E-state index contributed by atoms with van der Waals surface area (Å²) in [5.41, 5.74) is 3.80. The number of ether oxygens (including phenoxy) is 2. The summed E-state index contributed by atoms with van der Waals surface area (Å²) in [5.74, 6) is 0.396. The minimum atomic E-state index is -0.615. The minimum absolute atomic E-state index is 0.0492. The zero-order chi connectivity index (χ0) is 29.7. The number of fused-ring (bicyclic) bond motifs is 2. The number of hydrogen-bond acceptors (Lipinski definition) is 7. The Kier molecular flexibility index (Phi) is 7.18. The first kappa shape index (κ1) is 28.0. The van der Waals surface area contributed by atoms with Crippen molar-refractivity contribution in [1.29, 1.82) is 0 Å². The van der Waals surface area contributed by atoms with Gasteiger partial charge in [0, 0.05) is 56.4 Å². The fourth-order valence-electron chi connectivity index (χ4n) is 7.15. The maximum atomic E-state index is 13.0. The van der Waals surface area contributed by atoms with Gasteiger partial charge >= 0.3 is 0 Å². The van der Waals surface area contributed by atoms with Crippen LogP contribution in [-0.4, -0.2) is 69.9 Å². The summed E-state index contributed by atoms with van der Waals surface area (Å²) in [5, 5.41) is 4.74. The molecule has 4 aliphatic heterocycles. The first-order chi connectivity index (χ1) is 20.7. The van der Waals surface area contributed by atoms with Gasteiger partial charge in [0.05, 0.1) is 11.3 Å². The fourth-order valence-corrected chi connectivity index (χ4v) is 7.15. The lowest BCUT2D eigenvalue weighted by atomic mass is 9.83. The molecule has 0 bridgehead atoms. The van der Waals surface area contributed by atoms with Crippen molar-refractivity contribution in [1.82, 2.24) is 20.1 Å². The number of nitrogens with zero attached hydrogens (tertiary/aromatic N) is 3. The Morgan fingerprint density at radius 3 is 2.77 bits per heavy atom. The van der Waals surface area contributed by atoms with Crippen molar-refractivity contribution in [3.05, 3.63) is 71.0 Å². The summed E-state index contributed by atoms with van der Waals surface area (Å²) in [4.78, 5) is 45.6.